The zero-order chi connectivity index (χ0) is 28.0. The van der Waals surface area contributed by atoms with E-state index in [2.05, 4.69) is 15.3 Å². The standard InChI is InChI=1S/C27H33N5O5S2/c1-18(2)14-32(39(35,36)22-9-8-20-11-26(28)30-23(20)12-22)15-25(33)24(10-19-6-4-3-5-7-19)31-27(34)37-16-21-13-29-17-38-21/h3-9,11-13,17-18,24-25,30,33H,10,14-16,28H2,1-2H3,(H,31,34)/t24-,25+/m0/s1. The van der Waals surface area contributed by atoms with Crippen molar-refractivity contribution in [2.75, 3.05) is 18.8 Å². The molecule has 0 spiro atoms. The van der Waals surface area contributed by atoms with Crippen LogP contribution in [0.3, 0.4) is 0 Å². The molecular weight excluding hydrogens is 538 g/mol. The van der Waals surface area contributed by atoms with E-state index in [1.807, 2.05) is 44.2 Å². The molecule has 0 aliphatic heterocycles. The zero-order valence-corrected chi connectivity index (χ0v) is 23.4. The number of alkyl carbamates (subject to hydrolysis) is 1. The van der Waals surface area contributed by atoms with Crippen LogP contribution in [-0.4, -0.2) is 59.1 Å². The number of nitrogens with two attached hydrogens (primary N) is 1. The number of carbonyl (C=O) groups is 1. The number of rotatable bonds is 12. The highest BCUT2D eigenvalue weighted by Gasteiger charge is 2.32. The number of nitrogen functional groups attached to an aromatic ring is 1. The maximum absolute atomic E-state index is 13.7. The van der Waals surface area contributed by atoms with E-state index < -0.39 is 28.3 Å². The summed E-state index contributed by atoms with van der Waals surface area (Å²) in [6, 6.07) is 15.0. The molecule has 5 N–H and O–H groups in total. The fourth-order valence-electron chi connectivity index (χ4n) is 4.25. The number of aliphatic hydroxyl groups excluding tert-OH is 1. The van der Waals surface area contributed by atoms with Crippen LogP contribution in [0.2, 0.25) is 0 Å². The fraction of sp³-hybridized carbons (Fsp3) is 0.333. The first-order valence-electron chi connectivity index (χ1n) is 12.5. The number of hydrogen-bond donors (Lipinski definition) is 4. The van der Waals surface area contributed by atoms with Crippen LogP contribution >= 0.6 is 11.3 Å². The van der Waals surface area contributed by atoms with Crippen LogP contribution in [0.4, 0.5) is 10.6 Å². The molecule has 0 bridgehead atoms. The van der Waals surface area contributed by atoms with Crippen molar-refractivity contribution in [3.05, 3.63) is 76.7 Å². The Morgan fingerprint density at radius 2 is 1.95 bits per heavy atom. The smallest absolute Gasteiger partial charge is 0.407 e. The van der Waals surface area contributed by atoms with Gasteiger partial charge >= 0.3 is 6.09 Å². The minimum Gasteiger partial charge on any atom is -0.444 e. The van der Waals surface area contributed by atoms with Gasteiger partial charge in [0, 0.05) is 30.2 Å². The van der Waals surface area contributed by atoms with Crippen LogP contribution in [0.5, 0.6) is 0 Å². The molecular formula is C27H33N5O5S2. The number of anilines is 1. The Hall–Kier alpha value is -3.45. The lowest BCUT2D eigenvalue weighted by atomic mass is 10.0. The number of hydrogen-bond acceptors (Lipinski definition) is 8. The molecule has 2 aromatic carbocycles. The summed E-state index contributed by atoms with van der Waals surface area (Å²) >= 11 is 1.36. The number of nitrogens with one attached hydrogen (secondary N) is 2. The molecule has 0 fully saturated rings. The van der Waals surface area contributed by atoms with Gasteiger partial charge in [0.15, 0.2) is 0 Å². The molecule has 12 heteroatoms. The van der Waals surface area contributed by atoms with Crippen LogP contribution in [-0.2, 0) is 27.8 Å². The largest absolute Gasteiger partial charge is 0.444 e. The summed E-state index contributed by atoms with van der Waals surface area (Å²) in [5, 5.41) is 14.9. The molecule has 0 radical (unpaired) electrons. The third-order valence-electron chi connectivity index (χ3n) is 6.11. The molecule has 10 nitrogen and oxygen atoms in total. The number of aromatic amines is 1. The number of ether oxygens (including phenoxy) is 1. The van der Waals surface area contributed by atoms with Crippen LogP contribution in [0, 0.1) is 5.92 Å². The highest BCUT2D eigenvalue weighted by Crippen LogP contribution is 2.24. The van der Waals surface area contributed by atoms with E-state index in [1.165, 1.54) is 27.8 Å². The lowest BCUT2D eigenvalue weighted by Crippen LogP contribution is -2.51. The van der Waals surface area contributed by atoms with Crippen molar-refractivity contribution in [3.63, 3.8) is 0 Å². The van der Waals surface area contributed by atoms with Gasteiger partial charge in [0.25, 0.3) is 0 Å². The summed E-state index contributed by atoms with van der Waals surface area (Å²) < 4.78 is 34.1. The number of amides is 1. The number of fused-ring (bicyclic) bond motifs is 1. The summed E-state index contributed by atoms with van der Waals surface area (Å²) in [7, 11) is -3.99. The maximum atomic E-state index is 13.7. The summed E-state index contributed by atoms with van der Waals surface area (Å²) in [5.74, 6) is 0.424. The SMILES string of the molecule is CC(C)CN(C[C@@H](O)[C@H](Cc1ccccc1)NC(=O)OCc1cncs1)S(=O)(=O)c1ccc2cc(N)[nH]c2c1. The Morgan fingerprint density at radius 3 is 2.64 bits per heavy atom. The van der Waals surface area contributed by atoms with Crippen LogP contribution < -0.4 is 11.1 Å². The third-order valence-corrected chi connectivity index (χ3v) is 8.69. The third kappa shape index (κ3) is 7.57. The van der Waals surface area contributed by atoms with Crippen LogP contribution in [0.15, 0.2) is 71.2 Å². The van der Waals surface area contributed by atoms with Crippen molar-refractivity contribution in [2.45, 2.75) is 43.9 Å². The average molecular weight is 572 g/mol. The number of sulfonamides is 1. The Kier molecular flexibility index (Phi) is 9.23. The van der Waals surface area contributed by atoms with E-state index in [1.54, 1.807) is 23.8 Å². The first-order chi connectivity index (χ1) is 18.6. The number of H-pyrrole nitrogens is 1. The molecule has 4 aromatic rings. The minimum atomic E-state index is -3.99. The Morgan fingerprint density at radius 1 is 1.18 bits per heavy atom. The van der Waals surface area contributed by atoms with Gasteiger partial charge in [-0.3, -0.25) is 4.98 Å². The second kappa shape index (κ2) is 12.6. The van der Waals surface area contributed by atoms with E-state index in [0.717, 1.165) is 15.8 Å². The van der Waals surface area contributed by atoms with Crippen molar-refractivity contribution in [2.24, 2.45) is 5.92 Å². The predicted octanol–water partition coefficient (Wildman–Crippen LogP) is 3.75. The molecule has 39 heavy (non-hydrogen) atoms. The summed E-state index contributed by atoms with van der Waals surface area (Å²) in [4.78, 5) is 20.4. The minimum absolute atomic E-state index is 0.0123. The molecule has 0 saturated heterocycles. The van der Waals surface area contributed by atoms with Crippen molar-refractivity contribution in [3.8, 4) is 0 Å². The van der Waals surface area contributed by atoms with Crippen molar-refractivity contribution in [1.29, 1.82) is 0 Å². The van der Waals surface area contributed by atoms with Crippen molar-refractivity contribution >= 4 is 44.2 Å². The summed E-state index contributed by atoms with van der Waals surface area (Å²) in [6.45, 7) is 3.81. The van der Waals surface area contributed by atoms with E-state index in [-0.39, 0.29) is 36.9 Å². The van der Waals surface area contributed by atoms with Crippen LogP contribution in [0.1, 0.15) is 24.3 Å². The number of thiazole rings is 1. The first kappa shape index (κ1) is 28.6. The van der Waals surface area contributed by atoms with Gasteiger partial charge in [-0.2, -0.15) is 4.31 Å². The van der Waals surface area contributed by atoms with Gasteiger partial charge in [-0.1, -0.05) is 50.2 Å². The molecule has 2 heterocycles. The molecule has 0 aliphatic carbocycles. The van der Waals surface area contributed by atoms with Gasteiger partial charge in [-0.05, 0) is 36.1 Å². The number of benzene rings is 2. The Labute approximate surface area is 231 Å². The Bertz CT molecular complexity index is 1470. The van der Waals surface area contributed by atoms with E-state index in [9.17, 15) is 18.3 Å². The lowest BCUT2D eigenvalue weighted by molar-refractivity contribution is 0.0876. The molecule has 2 aromatic heterocycles. The monoisotopic (exact) mass is 571 g/mol. The number of nitrogens with zero attached hydrogens (tertiary/aromatic N) is 2. The number of aliphatic hydroxyl groups is 1. The molecule has 1 amide bonds. The molecule has 0 aliphatic rings. The van der Waals surface area contributed by atoms with Gasteiger partial charge in [0.2, 0.25) is 10.0 Å². The topological polar surface area (TPSA) is 151 Å². The highest BCUT2D eigenvalue weighted by molar-refractivity contribution is 7.89. The van der Waals surface area contributed by atoms with E-state index in [4.69, 9.17) is 10.5 Å². The van der Waals surface area contributed by atoms with Gasteiger partial charge in [0.05, 0.1) is 27.4 Å². The summed E-state index contributed by atoms with van der Waals surface area (Å²) in [6.07, 6.45) is -0.0427. The van der Waals surface area contributed by atoms with Gasteiger partial charge in [-0.25, -0.2) is 13.2 Å². The van der Waals surface area contributed by atoms with E-state index >= 15 is 0 Å². The lowest BCUT2D eigenvalue weighted by Gasteiger charge is -2.30. The van der Waals surface area contributed by atoms with E-state index in [0.29, 0.717) is 11.3 Å². The molecule has 4 rings (SSSR count). The molecule has 2 atom stereocenters. The second-order valence-electron chi connectivity index (χ2n) is 9.74. The molecule has 0 unspecified atom stereocenters. The van der Waals surface area contributed by atoms with Gasteiger partial charge in [-0.15, -0.1) is 11.3 Å². The van der Waals surface area contributed by atoms with Gasteiger partial charge < -0.3 is 25.9 Å². The highest BCUT2D eigenvalue weighted by atomic mass is 32.2. The summed E-state index contributed by atoms with van der Waals surface area (Å²) in [5.41, 5.74) is 8.95. The van der Waals surface area contributed by atoms with Crippen LogP contribution in [0.25, 0.3) is 10.9 Å². The molecule has 0 saturated carbocycles. The molecule has 208 valence electrons. The first-order valence-corrected chi connectivity index (χ1v) is 14.8. The number of aromatic nitrogens is 2. The van der Waals surface area contributed by atoms with Crippen molar-refractivity contribution < 1.29 is 23.1 Å². The van der Waals surface area contributed by atoms with Gasteiger partial charge in [0.1, 0.15) is 12.4 Å². The predicted molar refractivity (Wildman–Crippen MR) is 152 cm³/mol. The second-order valence-corrected chi connectivity index (χ2v) is 12.7. The van der Waals surface area contributed by atoms with Crippen molar-refractivity contribution in [1.82, 2.24) is 19.6 Å². The quantitative estimate of drug-likeness (QED) is 0.202. The maximum Gasteiger partial charge on any atom is 0.407 e. The fourth-order valence-corrected chi connectivity index (χ4v) is 6.40. The average Bonchev–Trinajstić information content (AvgIpc) is 3.55. The zero-order valence-electron chi connectivity index (χ0n) is 21.8. The Balaban J connectivity index is 1.55. The number of carbonyl (C=O) groups excluding carboxylic acids is 1. The normalized spacial score (nSPS) is 13.6.